The van der Waals surface area contributed by atoms with Crippen molar-refractivity contribution in [3.63, 3.8) is 0 Å². The summed E-state index contributed by atoms with van der Waals surface area (Å²) in [4.78, 5) is 13.0. The number of hydrogen-bond acceptors (Lipinski definition) is 3. The van der Waals surface area contributed by atoms with Gasteiger partial charge in [0.15, 0.2) is 0 Å². The van der Waals surface area contributed by atoms with Crippen LogP contribution in [0.15, 0.2) is 22.7 Å². The monoisotopic (exact) mass is 343 g/mol. The second kappa shape index (κ2) is 6.59. The van der Waals surface area contributed by atoms with Gasteiger partial charge in [-0.25, -0.2) is 0 Å². The molecule has 0 radical (unpaired) electrons. The van der Waals surface area contributed by atoms with E-state index in [4.69, 9.17) is 5.11 Å². The molecule has 20 heavy (non-hydrogen) atoms. The molecule has 0 heterocycles. The van der Waals surface area contributed by atoms with Crippen LogP contribution in [0.4, 0.5) is 0 Å². The predicted octanol–water partition coefficient (Wildman–Crippen LogP) is 3.79. The molecule has 4 nitrogen and oxygen atoms in total. The van der Waals surface area contributed by atoms with Crippen molar-refractivity contribution in [3.8, 4) is 5.75 Å². The molecule has 0 saturated heterocycles. The summed E-state index contributed by atoms with van der Waals surface area (Å²) in [5, 5.41) is 19.2. The molecule has 0 aromatic heterocycles. The first-order valence-corrected chi connectivity index (χ1v) is 7.43. The quantitative estimate of drug-likeness (QED) is 0.853. The molecule has 2 N–H and O–H groups in total. The maximum atomic E-state index is 11.1. The minimum absolute atomic E-state index is 0.0615. The van der Waals surface area contributed by atoms with Gasteiger partial charge in [-0.2, -0.15) is 0 Å². The molecule has 1 unspecified atom stereocenters. The molecule has 112 valence electrons. The van der Waals surface area contributed by atoms with Gasteiger partial charge < -0.3 is 10.2 Å². The van der Waals surface area contributed by atoms with E-state index in [0.717, 1.165) is 10.0 Å². The van der Waals surface area contributed by atoms with Crippen molar-refractivity contribution >= 4 is 21.9 Å². The van der Waals surface area contributed by atoms with Gasteiger partial charge in [-0.1, -0.05) is 22.9 Å². The number of carboxylic acids is 1. The molecular formula is C15H22BrNO3. The fraction of sp³-hybridized carbons (Fsp3) is 0.533. The number of aliphatic carboxylic acids is 1. The Morgan fingerprint density at radius 1 is 1.40 bits per heavy atom. The maximum Gasteiger partial charge on any atom is 0.317 e. The summed E-state index contributed by atoms with van der Waals surface area (Å²) >= 11 is 3.40. The standard InChI is InChI=1S/C15H22BrNO3/c1-5-12(11-8-10(16)6-7-13(11)18)17(9-14(19)20)15(2,3)4/h6-8,12,18H,5,9H2,1-4H3,(H,19,20). The van der Waals surface area contributed by atoms with Crippen molar-refractivity contribution in [2.24, 2.45) is 0 Å². The molecule has 5 heteroatoms. The molecule has 0 fully saturated rings. The molecule has 0 aliphatic rings. The average Bonchev–Trinajstić information content (AvgIpc) is 2.31. The Hall–Kier alpha value is -1.07. The van der Waals surface area contributed by atoms with Gasteiger partial charge in [0.05, 0.1) is 6.54 Å². The van der Waals surface area contributed by atoms with Crippen LogP contribution >= 0.6 is 15.9 Å². The molecule has 0 aliphatic carbocycles. The summed E-state index contributed by atoms with van der Waals surface area (Å²) in [6, 6.07) is 5.10. The van der Waals surface area contributed by atoms with E-state index in [2.05, 4.69) is 15.9 Å². The van der Waals surface area contributed by atoms with Crippen LogP contribution in [0.5, 0.6) is 5.75 Å². The first-order chi connectivity index (χ1) is 9.16. The van der Waals surface area contributed by atoms with E-state index in [-0.39, 0.29) is 23.9 Å². The Morgan fingerprint density at radius 2 is 2.00 bits per heavy atom. The van der Waals surface area contributed by atoms with Crippen molar-refractivity contribution in [1.82, 2.24) is 4.90 Å². The lowest BCUT2D eigenvalue weighted by Crippen LogP contribution is -2.46. The van der Waals surface area contributed by atoms with Crippen molar-refractivity contribution in [1.29, 1.82) is 0 Å². The van der Waals surface area contributed by atoms with Gasteiger partial charge >= 0.3 is 5.97 Å². The minimum atomic E-state index is -0.868. The Morgan fingerprint density at radius 3 is 2.45 bits per heavy atom. The SMILES string of the molecule is CCC(c1cc(Br)ccc1O)N(CC(=O)O)C(C)(C)C. The minimum Gasteiger partial charge on any atom is -0.508 e. The Kier molecular flexibility index (Phi) is 5.59. The van der Waals surface area contributed by atoms with Crippen LogP contribution in [0.1, 0.15) is 45.7 Å². The molecular weight excluding hydrogens is 322 g/mol. The molecule has 0 spiro atoms. The number of nitrogens with zero attached hydrogens (tertiary/aromatic N) is 1. The number of carbonyl (C=O) groups is 1. The molecule has 1 aromatic rings. The number of benzene rings is 1. The molecule has 0 amide bonds. The normalized spacial score (nSPS) is 13.5. The number of halogens is 1. The smallest absolute Gasteiger partial charge is 0.317 e. The van der Waals surface area contributed by atoms with Gasteiger partial charge in [0.1, 0.15) is 5.75 Å². The van der Waals surface area contributed by atoms with E-state index in [0.29, 0.717) is 6.42 Å². The predicted molar refractivity (Wildman–Crippen MR) is 82.9 cm³/mol. The molecule has 1 rings (SSSR count). The molecule has 1 aromatic carbocycles. The van der Waals surface area contributed by atoms with Crippen LogP contribution < -0.4 is 0 Å². The highest BCUT2D eigenvalue weighted by Gasteiger charge is 2.32. The zero-order valence-corrected chi connectivity index (χ0v) is 13.9. The third-order valence-corrected chi connectivity index (χ3v) is 3.77. The zero-order valence-electron chi connectivity index (χ0n) is 12.4. The Balaban J connectivity index is 3.25. The lowest BCUT2D eigenvalue weighted by atomic mass is 9.95. The third kappa shape index (κ3) is 4.21. The summed E-state index contributed by atoms with van der Waals surface area (Å²) in [5.74, 6) is -0.674. The van der Waals surface area contributed by atoms with Crippen LogP contribution in [-0.4, -0.2) is 33.2 Å². The van der Waals surface area contributed by atoms with Crippen molar-refractivity contribution in [2.45, 2.75) is 45.7 Å². The number of phenolic OH excluding ortho intramolecular Hbond substituents is 1. The van der Waals surface area contributed by atoms with Crippen LogP contribution in [0.25, 0.3) is 0 Å². The first kappa shape index (κ1) is 17.0. The lowest BCUT2D eigenvalue weighted by Gasteiger charge is -2.40. The summed E-state index contributed by atoms with van der Waals surface area (Å²) in [6.07, 6.45) is 0.717. The van der Waals surface area contributed by atoms with E-state index in [1.807, 2.05) is 38.7 Å². The van der Waals surface area contributed by atoms with Crippen LogP contribution in [-0.2, 0) is 4.79 Å². The van der Waals surface area contributed by atoms with Crippen molar-refractivity contribution in [3.05, 3.63) is 28.2 Å². The lowest BCUT2D eigenvalue weighted by molar-refractivity contribution is -0.140. The highest BCUT2D eigenvalue weighted by Crippen LogP contribution is 2.36. The highest BCUT2D eigenvalue weighted by molar-refractivity contribution is 9.10. The van der Waals surface area contributed by atoms with Crippen molar-refractivity contribution in [2.75, 3.05) is 6.54 Å². The van der Waals surface area contributed by atoms with Crippen LogP contribution in [0.2, 0.25) is 0 Å². The summed E-state index contributed by atoms with van der Waals surface area (Å²) in [5.41, 5.74) is 0.437. The number of phenols is 1. The number of rotatable bonds is 5. The first-order valence-electron chi connectivity index (χ1n) is 6.63. The van der Waals surface area contributed by atoms with E-state index >= 15 is 0 Å². The number of aromatic hydroxyl groups is 1. The third-order valence-electron chi connectivity index (χ3n) is 3.28. The largest absolute Gasteiger partial charge is 0.508 e. The van der Waals surface area contributed by atoms with Gasteiger partial charge in [-0.15, -0.1) is 0 Å². The summed E-state index contributed by atoms with van der Waals surface area (Å²) < 4.78 is 0.868. The fourth-order valence-corrected chi connectivity index (χ4v) is 2.74. The van der Waals surface area contributed by atoms with E-state index in [9.17, 15) is 9.90 Å². The van der Waals surface area contributed by atoms with Gasteiger partial charge in [-0.3, -0.25) is 9.69 Å². The second-order valence-electron chi connectivity index (χ2n) is 5.82. The highest BCUT2D eigenvalue weighted by atomic mass is 79.9. The number of carboxylic acid groups (broad SMARTS) is 1. The Labute approximate surface area is 128 Å². The van der Waals surface area contributed by atoms with Gasteiger partial charge in [0.2, 0.25) is 0 Å². The maximum absolute atomic E-state index is 11.1. The second-order valence-corrected chi connectivity index (χ2v) is 6.74. The molecule has 1 atom stereocenters. The van der Waals surface area contributed by atoms with Crippen molar-refractivity contribution < 1.29 is 15.0 Å². The van der Waals surface area contributed by atoms with Gasteiger partial charge in [-0.05, 0) is 45.4 Å². The summed E-state index contributed by atoms with van der Waals surface area (Å²) in [7, 11) is 0. The topological polar surface area (TPSA) is 60.8 Å². The zero-order chi connectivity index (χ0) is 15.5. The van der Waals surface area contributed by atoms with Gasteiger partial charge in [0, 0.05) is 21.6 Å². The fourth-order valence-electron chi connectivity index (χ4n) is 2.36. The number of hydrogen-bond donors (Lipinski definition) is 2. The van der Waals surface area contributed by atoms with Crippen LogP contribution in [0, 0.1) is 0 Å². The van der Waals surface area contributed by atoms with E-state index in [1.54, 1.807) is 12.1 Å². The van der Waals surface area contributed by atoms with E-state index < -0.39 is 5.97 Å². The average molecular weight is 344 g/mol. The Bertz CT molecular complexity index is 482. The molecule has 0 bridgehead atoms. The summed E-state index contributed by atoms with van der Waals surface area (Å²) in [6.45, 7) is 7.87. The molecule has 0 aliphatic heterocycles. The van der Waals surface area contributed by atoms with Crippen LogP contribution in [0.3, 0.4) is 0 Å². The molecule has 0 saturated carbocycles. The van der Waals surface area contributed by atoms with E-state index in [1.165, 1.54) is 0 Å². The van der Waals surface area contributed by atoms with Gasteiger partial charge in [0.25, 0.3) is 0 Å².